The van der Waals surface area contributed by atoms with E-state index in [0.29, 0.717) is 41.8 Å². The minimum Gasteiger partial charge on any atom is -0.383 e. The maximum atomic E-state index is 15.7. The number of nitrogens with zero attached hydrogens (tertiary/aromatic N) is 3. The van der Waals surface area contributed by atoms with Crippen LogP contribution in [0.3, 0.4) is 0 Å². The summed E-state index contributed by atoms with van der Waals surface area (Å²) in [5, 5.41) is 8.52. The maximum absolute atomic E-state index is 15.7. The number of hydrogen-bond donors (Lipinski definition) is 3. The summed E-state index contributed by atoms with van der Waals surface area (Å²) in [5.74, 6) is -4.19. The van der Waals surface area contributed by atoms with Gasteiger partial charge in [-0.2, -0.15) is 5.10 Å². The van der Waals surface area contributed by atoms with Crippen LogP contribution in [-0.4, -0.2) is 49.5 Å². The molecule has 4 N–H and O–H groups in total. The van der Waals surface area contributed by atoms with E-state index in [2.05, 4.69) is 15.4 Å². The molecule has 0 aliphatic heterocycles. The number of rotatable bonds is 10. The van der Waals surface area contributed by atoms with Gasteiger partial charge in [0.25, 0.3) is 10.0 Å². The Bertz CT molecular complexity index is 1790. The number of methoxy groups -OCH3 is 1. The number of halogens is 4. The minimum absolute atomic E-state index is 0.0532. The normalized spacial score (nSPS) is 17.5. The second-order valence-corrected chi connectivity index (χ2v) is 12.8. The zero-order valence-electron chi connectivity index (χ0n) is 24.5. The zero-order valence-corrected chi connectivity index (χ0v) is 25.3. The van der Waals surface area contributed by atoms with Gasteiger partial charge in [0.2, 0.25) is 0 Å². The monoisotopic (exact) mass is 634 g/mol. The quantitative estimate of drug-likeness (QED) is 0.147. The molecule has 44 heavy (non-hydrogen) atoms. The van der Waals surface area contributed by atoms with Crippen LogP contribution in [-0.2, 0) is 14.8 Å². The van der Waals surface area contributed by atoms with E-state index < -0.39 is 43.9 Å². The van der Waals surface area contributed by atoms with Crippen molar-refractivity contribution >= 4 is 32.4 Å². The highest BCUT2D eigenvalue weighted by Gasteiger charge is 2.30. The van der Waals surface area contributed by atoms with Crippen LogP contribution in [0, 0.1) is 23.3 Å². The van der Waals surface area contributed by atoms with Crippen molar-refractivity contribution in [3.05, 3.63) is 65.4 Å². The molecule has 0 saturated heterocycles. The number of pyridine rings is 1. The van der Waals surface area contributed by atoms with Crippen molar-refractivity contribution < 1.29 is 30.7 Å². The van der Waals surface area contributed by atoms with E-state index >= 15 is 8.78 Å². The van der Waals surface area contributed by atoms with Gasteiger partial charge in [-0.05, 0) is 75.3 Å². The predicted molar refractivity (Wildman–Crippen MR) is 160 cm³/mol. The topological polar surface area (TPSA) is 124 Å². The van der Waals surface area contributed by atoms with Crippen molar-refractivity contribution in [2.45, 2.75) is 62.4 Å². The SMILES string of the molecule is COCCNC1CCC(c2cnc(N)c3c(-c4cc(F)c(NS(=O)(=O)c5cc(F)ccc5F)cc4F)nn(C(C)C)c23)CC1. The number of fused-ring (bicyclic) bond motifs is 1. The third kappa shape index (κ3) is 6.24. The van der Waals surface area contributed by atoms with Crippen molar-refractivity contribution in [2.24, 2.45) is 0 Å². The van der Waals surface area contributed by atoms with Gasteiger partial charge < -0.3 is 15.8 Å². The van der Waals surface area contributed by atoms with E-state index in [1.807, 2.05) is 18.6 Å². The summed E-state index contributed by atoms with van der Waals surface area (Å²) in [5.41, 5.74) is 6.93. The van der Waals surface area contributed by atoms with Gasteiger partial charge in [-0.3, -0.25) is 9.40 Å². The molecule has 236 valence electrons. The van der Waals surface area contributed by atoms with Crippen LogP contribution in [0.5, 0.6) is 0 Å². The molecule has 1 fully saturated rings. The molecule has 0 spiro atoms. The van der Waals surface area contributed by atoms with E-state index in [4.69, 9.17) is 10.5 Å². The molecule has 2 aromatic heterocycles. The highest BCUT2D eigenvalue weighted by atomic mass is 32.2. The van der Waals surface area contributed by atoms with Gasteiger partial charge in [0.05, 0.1) is 23.2 Å². The zero-order chi connectivity index (χ0) is 31.8. The molecule has 1 aliphatic carbocycles. The molecule has 9 nitrogen and oxygen atoms in total. The molecule has 2 aromatic carbocycles. The van der Waals surface area contributed by atoms with Crippen LogP contribution in [0.15, 0.2) is 41.4 Å². The van der Waals surface area contributed by atoms with Crippen LogP contribution in [0.1, 0.15) is 57.1 Å². The number of anilines is 2. The largest absolute Gasteiger partial charge is 0.383 e. The standard InChI is InChI=1S/C30H34F4N6O3S/c1-16(2)40-29-21(17-4-7-19(8-5-17)36-10-11-43-3)15-37-30(35)27(29)28(38-40)20-13-24(34)25(14-23(20)33)39-44(41,42)26-12-18(31)6-9-22(26)32/h6,9,12-17,19,36,39H,4-5,7-8,10-11H2,1-3H3,(H2,35,37). The first-order valence-electron chi connectivity index (χ1n) is 14.3. The average molecular weight is 635 g/mol. The van der Waals surface area contributed by atoms with Crippen LogP contribution in [0.4, 0.5) is 29.1 Å². The molecule has 1 aliphatic rings. The van der Waals surface area contributed by atoms with Crippen molar-refractivity contribution in [1.29, 1.82) is 0 Å². The second kappa shape index (κ2) is 12.7. The Balaban J connectivity index is 1.52. The van der Waals surface area contributed by atoms with Crippen molar-refractivity contribution in [3.63, 3.8) is 0 Å². The third-order valence-corrected chi connectivity index (χ3v) is 9.30. The molecule has 5 rings (SSSR count). The summed E-state index contributed by atoms with van der Waals surface area (Å²) in [6, 6.07) is 3.44. The summed E-state index contributed by atoms with van der Waals surface area (Å²) in [7, 11) is -3.13. The van der Waals surface area contributed by atoms with Crippen LogP contribution < -0.4 is 15.8 Å². The van der Waals surface area contributed by atoms with Gasteiger partial charge in [0, 0.05) is 43.6 Å². The van der Waals surface area contributed by atoms with Gasteiger partial charge in [-0.15, -0.1) is 0 Å². The number of ether oxygens (including phenoxy) is 1. The van der Waals surface area contributed by atoms with Gasteiger partial charge in [-0.1, -0.05) is 0 Å². The van der Waals surface area contributed by atoms with E-state index in [0.717, 1.165) is 49.9 Å². The summed E-state index contributed by atoms with van der Waals surface area (Å²) >= 11 is 0. The molecular formula is C30H34F4N6O3S. The van der Waals surface area contributed by atoms with E-state index in [1.54, 1.807) is 18.0 Å². The maximum Gasteiger partial charge on any atom is 0.265 e. The van der Waals surface area contributed by atoms with Gasteiger partial charge in [0.15, 0.2) is 0 Å². The Hall–Kier alpha value is -3.75. The van der Waals surface area contributed by atoms with Gasteiger partial charge in [-0.25, -0.2) is 31.0 Å². The number of hydrogen-bond acceptors (Lipinski definition) is 7. The lowest BCUT2D eigenvalue weighted by Crippen LogP contribution is -2.34. The van der Waals surface area contributed by atoms with E-state index in [9.17, 15) is 17.2 Å². The molecule has 14 heteroatoms. The number of nitrogen functional groups attached to an aromatic ring is 1. The second-order valence-electron chi connectivity index (χ2n) is 11.2. The molecule has 0 atom stereocenters. The Morgan fingerprint density at radius 1 is 1.05 bits per heavy atom. The fourth-order valence-corrected chi connectivity index (χ4v) is 6.89. The summed E-state index contributed by atoms with van der Waals surface area (Å²) in [4.78, 5) is 3.36. The smallest absolute Gasteiger partial charge is 0.265 e. The molecule has 0 bridgehead atoms. The lowest BCUT2D eigenvalue weighted by molar-refractivity contribution is 0.191. The number of sulfonamides is 1. The lowest BCUT2D eigenvalue weighted by Gasteiger charge is -2.30. The molecule has 2 heterocycles. The predicted octanol–water partition coefficient (Wildman–Crippen LogP) is 5.88. The average Bonchev–Trinajstić information content (AvgIpc) is 3.38. The Labute approximate surface area is 252 Å². The van der Waals surface area contributed by atoms with Gasteiger partial charge in [0.1, 0.15) is 39.7 Å². The third-order valence-electron chi connectivity index (χ3n) is 7.92. The number of nitrogens with two attached hydrogens (primary N) is 1. The van der Waals surface area contributed by atoms with E-state index in [-0.39, 0.29) is 29.0 Å². The Morgan fingerprint density at radius 2 is 1.77 bits per heavy atom. The number of aromatic nitrogens is 3. The van der Waals surface area contributed by atoms with Crippen LogP contribution in [0.25, 0.3) is 22.2 Å². The first-order chi connectivity index (χ1) is 20.9. The summed E-state index contributed by atoms with van der Waals surface area (Å²) < 4.78 is 92.9. The Kier molecular flexibility index (Phi) is 9.14. The minimum atomic E-state index is -4.79. The van der Waals surface area contributed by atoms with Crippen molar-refractivity contribution in [2.75, 3.05) is 30.7 Å². The van der Waals surface area contributed by atoms with Crippen molar-refractivity contribution in [3.8, 4) is 11.3 Å². The Morgan fingerprint density at radius 3 is 2.45 bits per heavy atom. The first-order valence-corrected chi connectivity index (χ1v) is 15.8. The molecular weight excluding hydrogens is 600 g/mol. The molecule has 4 aromatic rings. The summed E-state index contributed by atoms with van der Waals surface area (Å²) in [6.07, 6.45) is 5.38. The van der Waals surface area contributed by atoms with Crippen LogP contribution in [0.2, 0.25) is 0 Å². The molecule has 0 radical (unpaired) electrons. The number of benzene rings is 2. The van der Waals surface area contributed by atoms with Gasteiger partial charge >= 0.3 is 0 Å². The molecule has 0 unspecified atom stereocenters. The fraction of sp³-hybridized carbons (Fsp3) is 0.400. The summed E-state index contributed by atoms with van der Waals surface area (Å²) in [6.45, 7) is 5.22. The first kappa shape index (κ1) is 31.7. The molecule has 0 amide bonds. The highest BCUT2D eigenvalue weighted by molar-refractivity contribution is 7.92. The highest BCUT2D eigenvalue weighted by Crippen LogP contribution is 2.42. The fourth-order valence-electron chi connectivity index (χ4n) is 5.74. The molecule has 1 saturated carbocycles. The van der Waals surface area contributed by atoms with Crippen LogP contribution >= 0.6 is 0 Å². The number of nitrogens with one attached hydrogen (secondary N) is 2. The van der Waals surface area contributed by atoms with E-state index in [1.165, 1.54) is 0 Å². The lowest BCUT2D eigenvalue weighted by atomic mass is 9.81. The van der Waals surface area contributed by atoms with Crippen molar-refractivity contribution in [1.82, 2.24) is 20.1 Å².